The zero-order valence-corrected chi connectivity index (χ0v) is 30.5. The van der Waals surface area contributed by atoms with Gasteiger partial charge in [-0.3, -0.25) is 34.7 Å². The maximum absolute atomic E-state index is 12.9. The molecule has 4 fully saturated rings. The van der Waals surface area contributed by atoms with E-state index < -0.39 is 17.6 Å². The zero-order chi connectivity index (χ0) is 37.8. The van der Waals surface area contributed by atoms with Crippen molar-refractivity contribution in [2.45, 2.75) is 77.0 Å². The lowest BCUT2D eigenvalue weighted by molar-refractivity contribution is -0.125. The van der Waals surface area contributed by atoms with Crippen LogP contribution in [0.3, 0.4) is 0 Å². The summed E-state index contributed by atoms with van der Waals surface area (Å²) < 4.78 is 8.80. The lowest BCUT2D eigenvalue weighted by atomic mass is 10.1. The highest BCUT2D eigenvalue weighted by Crippen LogP contribution is 2.35. The molecule has 0 radical (unpaired) electrons. The second-order valence-electron chi connectivity index (χ2n) is 14.4. The van der Waals surface area contributed by atoms with Gasteiger partial charge in [0.1, 0.15) is 28.2 Å². The molecule has 2 saturated heterocycles. The molecule has 4 aliphatic rings. The summed E-state index contributed by atoms with van der Waals surface area (Å²) in [5, 5.41) is 16.9. The summed E-state index contributed by atoms with van der Waals surface area (Å²) in [4.78, 5) is 71.7. The van der Waals surface area contributed by atoms with Gasteiger partial charge in [-0.25, -0.2) is 14.8 Å². The summed E-state index contributed by atoms with van der Waals surface area (Å²) in [6, 6.07) is 4.00. The fraction of sp³-hybridized carbons (Fsp3) is 0.400. The van der Waals surface area contributed by atoms with Gasteiger partial charge in [0, 0.05) is 60.6 Å². The molecule has 2 aliphatic carbocycles. The van der Waals surface area contributed by atoms with Crippen LogP contribution in [0.15, 0.2) is 35.7 Å². The minimum atomic E-state index is -0.651. The number of rotatable bonds is 7. The first-order valence-corrected chi connectivity index (χ1v) is 17.5. The molecule has 5 amide bonds. The van der Waals surface area contributed by atoms with Crippen molar-refractivity contribution in [3.63, 3.8) is 0 Å². The minimum Gasteiger partial charge on any atom is -0.443 e. The van der Waals surface area contributed by atoms with Gasteiger partial charge in [-0.2, -0.15) is 19.2 Å². The highest BCUT2D eigenvalue weighted by molar-refractivity contribution is 6.30. The SMILES string of the molecule is CC(C)(C)OC(=O)N(c1cc(Cl)nc2c(/C=C3\CC(=O)NC3=O)cnn12)C1CC1.CN(C)c1cc(NC2CC2)n2ncc(/C=C3\CC(=O)NC3=O)c2n1. The Morgan fingerprint density at radius 1 is 0.887 bits per heavy atom. The van der Waals surface area contributed by atoms with Crippen LogP contribution in [0, 0.1) is 0 Å². The number of anilines is 3. The number of ether oxygens (including phenoxy) is 1. The maximum Gasteiger partial charge on any atom is 0.416 e. The summed E-state index contributed by atoms with van der Waals surface area (Å²) >= 11 is 6.24. The zero-order valence-electron chi connectivity index (χ0n) is 29.8. The van der Waals surface area contributed by atoms with Crippen LogP contribution in [-0.4, -0.2) is 90.7 Å². The Bertz CT molecular complexity index is 2260. The average molecular weight is 744 g/mol. The first-order chi connectivity index (χ1) is 25.1. The Labute approximate surface area is 308 Å². The number of hydrogen-bond donors (Lipinski definition) is 3. The van der Waals surface area contributed by atoms with E-state index in [0.29, 0.717) is 39.9 Å². The number of amides is 5. The summed E-state index contributed by atoms with van der Waals surface area (Å²) in [7, 11) is 3.86. The molecule has 18 heteroatoms. The molecule has 8 rings (SSSR count). The van der Waals surface area contributed by atoms with Crippen LogP contribution in [0.2, 0.25) is 5.15 Å². The lowest BCUT2D eigenvalue weighted by Gasteiger charge is -2.27. The molecule has 2 aliphatic heterocycles. The van der Waals surface area contributed by atoms with Crippen LogP contribution >= 0.6 is 11.6 Å². The highest BCUT2D eigenvalue weighted by Gasteiger charge is 2.38. The first-order valence-electron chi connectivity index (χ1n) is 17.1. The molecular formula is C35H38ClN11O6. The van der Waals surface area contributed by atoms with Crippen molar-refractivity contribution in [3.05, 3.63) is 52.0 Å². The Morgan fingerprint density at radius 2 is 1.45 bits per heavy atom. The maximum atomic E-state index is 12.9. The average Bonchev–Trinajstić information content (AvgIpc) is 3.94. The molecule has 4 aromatic heterocycles. The second-order valence-corrected chi connectivity index (χ2v) is 14.8. The molecular weight excluding hydrogens is 706 g/mol. The van der Waals surface area contributed by atoms with Crippen molar-refractivity contribution >= 4 is 82.2 Å². The number of fused-ring (bicyclic) bond motifs is 2. The van der Waals surface area contributed by atoms with Crippen LogP contribution in [-0.2, 0) is 23.9 Å². The molecule has 0 aromatic carbocycles. The van der Waals surface area contributed by atoms with E-state index in [1.165, 1.54) is 10.7 Å². The van der Waals surface area contributed by atoms with Gasteiger partial charge in [0.15, 0.2) is 11.3 Å². The monoisotopic (exact) mass is 743 g/mol. The van der Waals surface area contributed by atoms with Crippen LogP contribution in [0.5, 0.6) is 0 Å². The smallest absolute Gasteiger partial charge is 0.416 e. The van der Waals surface area contributed by atoms with Gasteiger partial charge in [0.05, 0.1) is 25.2 Å². The van der Waals surface area contributed by atoms with E-state index in [2.05, 4.69) is 36.1 Å². The second kappa shape index (κ2) is 13.6. The number of aromatic nitrogens is 6. The van der Waals surface area contributed by atoms with E-state index in [0.717, 1.165) is 42.9 Å². The molecule has 0 bridgehead atoms. The number of carbonyl (C=O) groups excluding carboxylic acids is 5. The summed E-state index contributed by atoms with van der Waals surface area (Å²) in [6.07, 6.45) is 10.0. The minimum absolute atomic E-state index is 0.00393. The largest absolute Gasteiger partial charge is 0.443 e. The van der Waals surface area contributed by atoms with Crippen molar-refractivity contribution in [1.29, 1.82) is 0 Å². The number of hydrogen-bond acceptors (Lipinski definition) is 12. The van der Waals surface area contributed by atoms with E-state index in [-0.39, 0.29) is 41.8 Å². The van der Waals surface area contributed by atoms with Crippen LogP contribution in [0.4, 0.5) is 22.2 Å². The molecule has 0 spiro atoms. The number of carbonyl (C=O) groups is 5. The number of nitrogens with zero attached hydrogens (tertiary/aromatic N) is 8. The number of halogens is 1. The molecule has 4 aromatic rings. The van der Waals surface area contributed by atoms with Crippen molar-refractivity contribution in [2.75, 3.05) is 29.2 Å². The third-order valence-electron chi connectivity index (χ3n) is 8.52. The van der Waals surface area contributed by atoms with E-state index in [4.69, 9.17) is 16.3 Å². The van der Waals surface area contributed by atoms with Crippen molar-refractivity contribution in [1.82, 2.24) is 39.8 Å². The Kier molecular flexibility index (Phi) is 9.13. The summed E-state index contributed by atoms with van der Waals surface area (Å²) in [5.41, 5.74) is 2.38. The number of nitrogens with one attached hydrogen (secondary N) is 3. The Morgan fingerprint density at radius 3 is 1.94 bits per heavy atom. The van der Waals surface area contributed by atoms with Gasteiger partial charge in [-0.1, -0.05) is 11.6 Å². The Balaban J connectivity index is 0.000000167. The number of imide groups is 2. The topological polar surface area (TPSA) is 198 Å². The van der Waals surface area contributed by atoms with Crippen LogP contribution < -0.4 is 25.8 Å². The van der Waals surface area contributed by atoms with Gasteiger partial charge in [0.25, 0.3) is 11.8 Å². The fourth-order valence-electron chi connectivity index (χ4n) is 5.74. The standard InChI is InChI=1S/C19H20ClN5O4.C16H18N6O2/c1-19(2,3)29-18(28)24(12-4-5-12)15-8-13(20)22-16-11(9-21-25(15)16)6-10-7-14(26)23-17(10)27;1-21(2)12-7-13(18-11-3-4-11)22-15(19-12)10(8-17-22)5-9-6-14(23)20-16(9)24/h6,8-9,12H,4-5,7H2,1-3H3,(H,23,26,27);5,7-8,11,18H,3-4,6H2,1-2H3,(H,20,23,24)/b10-6+;9-5+. The van der Waals surface area contributed by atoms with Crippen molar-refractivity contribution < 1.29 is 28.7 Å². The predicted octanol–water partition coefficient (Wildman–Crippen LogP) is 3.52. The third kappa shape index (κ3) is 7.84. The molecule has 2 saturated carbocycles. The van der Waals surface area contributed by atoms with E-state index in [9.17, 15) is 24.0 Å². The van der Waals surface area contributed by atoms with E-state index >= 15 is 0 Å². The first kappa shape index (κ1) is 35.6. The van der Waals surface area contributed by atoms with E-state index in [1.54, 1.807) is 54.6 Å². The van der Waals surface area contributed by atoms with Gasteiger partial charge in [0.2, 0.25) is 11.8 Å². The fourth-order valence-corrected chi connectivity index (χ4v) is 5.91. The van der Waals surface area contributed by atoms with E-state index in [1.807, 2.05) is 25.1 Å². The molecule has 53 heavy (non-hydrogen) atoms. The van der Waals surface area contributed by atoms with Gasteiger partial charge >= 0.3 is 6.09 Å². The van der Waals surface area contributed by atoms with Gasteiger partial charge < -0.3 is 15.0 Å². The lowest BCUT2D eigenvalue weighted by Crippen LogP contribution is -2.39. The van der Waals surface area contributed by atoms with Crippen molar-refractivity contribution in [3.8, 4) is 0 Å². The molecule has 276 valence electrons. The van der Waals surface area contributed by atoms with Crippen LogP contribution in [0.25, 0.3) is 23.4 Å². The molecule has 0 unspecified atom stereocenters. The third-order valence-corrected chi connectivity index (χ3v) is 8.72. The quantitative estimate of drug-likeness (QED) is 0.142. The predicted molar refractivity (Wildman–Crippen MR) is 195 cm³/mol. The van der Waals surface area contributed by atoms with Gasteiger partial charge in [-0.15, -0.1) is 0 Å². The molecule has 3 N–H and O–H groups in total. The summed E-state index contributed by atoms with van der Waals surface area (Å²) in [5.74, 6) is 0.702. The molecule has 6 heterocycles. The molecule has 0 atom stereocenters. The normalized spacial score (nSPS) is 18.8. The van der Waals surface area contributed by atoms with Gasteiger partial charge in [-0.05, 0) is 58.6 Å². The highest BCUT2D eigenvalue weighted by atomic mass is 35.5. The van der Waals surface area contributed by atoms with Crippen molar-refractivity contribution in [2.24, 2.45) is 0 Å². The molecule has 17 nitrogen and oxygen atoms in total. The Hall–Kier alpha value is -5.84. The van der Waals surface area contributed by atoms with Crippen LogP contribution in [0.1, 0.15) is 70.4 Å². The summed E-state index contributed by atoms with van der Waals surface area (Å²) in [6.45, 7) is 5.41.